The summed E-state index contributed by atoms with van der Waals surface area (Å²) < 4.78 is 20.9. The van der Waals surface area contributed by atoms with Crippen LogP contribution in [0.15, 0.2) is 36.3 Å². The van der Waals surface area contributed by atoms with Gasteiger partial charge in [-0.15, -0.1) is 0 Å². The molecular weight excluding hydrogens is 148 g/mol. The fraction of sp³-hybridized carbons (Fsp3) is 0.143. The summed E-state index contributed by atoms with van der Waals surface area (Å²) in [6.45, 7) is 3.42. The molecular formula is C7H10O2S. The minimum absolute atomic E-state index is 1.13. The summed E-state index contributed by atoms with van der Waals surface area (Å²) in [6.07, 6.45) is 7.44. The van der Waals surface area contributed by atoms with Crippen LogP contribution in [0.5, 0.6) is 0 Å². The molecule has 0 aromatic rings. The fourth-order valence-corrected chi connectivity index (χ4v) is 0.707. The van der Waals surface area contributed by atoms with E-state index in [0.717, 1.165) is 11.7 Å². The molecule has 0 spiro atoms. The van der Waals surface area contributed by atoms with Crippen LogP contribution < -0.4 is 0 Å². The second-order valence-corrected chi connectivity index (χ2v) is 3.71. The van der Waals surface area contributed by atoms with Crippen molar-refractivity contribution in [3.63, 3.8) is 0 Å². The summed E-state index contributed by atoms with van der Waals surface area (Å²) in [4.78, 5) is 0. The summed E-state index contributed by atoms with van der Waals surface area (Å²) in [5.41, 5.74) is 0. The van der Waals surface area contributed by atoms with Crippen molar-refractivity contribution in [1.29, 1.82) is 0 Å². The molecule has 0 bridgehead atoms. The molecule has 0 fully saturated rings. The molecule has 0 aromatic carbocycles. The number of sulfone groups is 1. The minimum Gasteiger partial charge on any atom is -0.225 e. The topological polar surface area (TPSA) is 34.1 Å². The Morgan fingerprint density at radius 3 is 2.20 bits per heavy atom. The van der Waals surface area contributed by atoms with Gasteiger partial charge in [0, 0.05) is 11.7 Å². The second-order valence-electron chi connectivity index (χ2n) is 1.78. The zero-order chi connectivity index (χ0) is 8.04. The molecule has 3 heteroatoms. The van der Waals surface area contributed by atoms with Crippen LogP contribution in [0.25, 0.3) is 0 Å². The predicted molar refractivity (Wildman–Crippen MR) is 43.3 cm³/mol. The van der Waals surface area contributed by atoms with E-state index in [1.54, 1.807) is 18.2 Å². The van der Waals surface area contributed by atoms with Crippen LogP contribution in [0.4, 0.5) is 0 Å². The average Bonchev–Trinajstić information content (AvgIpc) is 1.78. The smallest absolute Gasteiger partial charge is 0.168 e. The normalized spacial score (nSPS) is 12.9. The summed E-state index contributed by atoms with van der Waals surface area (Å²) in [5, 5.41) is 1.13. The largest absolute Gasteiger partial charge is 0.225 e. The van der Waals surface area contributed by atoms with Gasteiger partial charge in [-0.3, -0.25) is 0 Å². The Hall–Kier alpha value is -0.830. The van der Waals surface area contributed by atoms with Gasteiger partial charge in [0.2, 0.25) is 0 Å². The molecule has 0 aliphatic heterocycles. The molecule has 0 heterocycles. The van der Waals surface area contributed by atoms with Crippen molar-refractivity contribution in [1.82, 2.24) is 0 Å². The van der Waals surface area contributed by atoms with E-state index in [1.807, 2.05) is 0 Å². The lowest BCUT2D eigenvalue weighted by Gasteiger charge is -1.79. The van der Waals surface area contributed by atoms with E-state index >= 15 is 0 Å². The van der Waals surface area contributed by atoms with Crippen LogP contribution in [0.1, 0.15) is 0 Å². The molecule has 10 heavy (non-hydrogen) atoms. The number of allylic oxidation sites excluding steroid dienone is 4. The van der Waals surface area contributed by atoms with E-state index in [1.165, 1.54) is 6.08 Å². The molecule has 0 aliphatic carbocycles. The van der Waals surface area contributed by atoms with Gasteiger partial charge in [0.1, 0.15) is 0 Å². The van der Waals surface area contributed by atoms with Crippen molar-refractivity contribution >= 4 is 9.84 Å². The van der Waals surface area contributed by atoms with E-state index < -0.39 is 9.84 Å². The third kappa shape index (κ3) is 7.17. The lowest BCUT2D eigenvalue weighted by molar-refractivity contribution is 0.610. The number of rotatable bonds is 3. The van der Waals surface area contributed by atoms with Crippen LogP contribution in [-0.2, 0) is 9.84 Å². The summed E-state index contributed by atoms with van der Waals surface area (Å²) >= 11 is 0. The van der Waals surface area contributed by atoms with Crippen molar-refractivity contribution in [3.8, 4) is 0 Å². The molecule has 0 aromatic heterocycles. The highest BCUT2D eigenvalue weighted by Gasteiger charge is 1.88. The van der Waals surface area contributed by atoms with Gasteiger partial charge in [0.15, 0.2) is 9.84 Å². The maximum absolute atomic E-state index is 10.4. The van der Waals surface area contributed by atoms with Crippen molar-refractivity contribution in [2.75, 3.05) is 6.26 Å². The van der Waals surface area contributed by atoms with Crippen LogP contribution in [0.2, 0.25) is 0 Å². The second kappa shape index (κ2) is 4.06. The quantitative estimate of drug-likeness (QED) is 0.580. The van der Waals surface area contributed by atoms with Crippen LogP contribution >= 0.6 is 0 Å². The Morgan fingerprint density at radius 1 is 1.20 bits per heavy atom. The van der Waals surface area contributed by atoms with E-state index in [-0.39, 0.29) is 0 Å². The van der Waals surface area contributed by atoms with Gasteiger partial charge in [-0.2, -0.15) is 0 Å². The molecule has 0 atom stereocenters. The van der Waals surface area contributed by atoms with Gasteiger partial charge in [-0.05, 0) is 0 Å². The Morgan fingerprint density at radius 2 is 1.80 bits per heavy atom. The summed E-state index contributed by atoms with van der Waals surface area (Å²) in [6, 6.07) is 0. The molecule has 0 rings (SSSR count). The first kappa shape index (κ1) is 9.17. The number of hydrogen-bond donors (Lipinski definition) is 0. The summed E-state index contributed by atoms with van der Waals surface area (Å²) in [5.74, 6) is 0. The van der Waals surface area contributed by atoms with E-state index in [0.29, 0.717) is 0 Å². The van der Waals surface area contributed by atoms with Crippen LogP contribution in [0, 0.1) is 0 Å². The molecule has 0 saturated heterocycles. The Balaban J connectivity index is 4.03. The van der Waals surface area contributed by atoms with Crippen LogP contribution in [-0.4, -0.2) is 14.7 Å². The van der Waals surface area contributed by atoms with Gasteiger partial charge in [0.25, 0.3) is 0 Å². The molecule has 0 unspecified atom stereocenters. The lowest BCUT2D eigenvalue weighted by atomic mass is 10.5. The minimum atomic E-state index is -2.97. The van der Waals surface area contributed by atoms with Gasteiger partial charge >= 0.3 is 0 Å². The summed E-state index contributed by atoms with van der Waals surface area (Å²) in [7, 11) is -2.97. The van der Waals surface area contributed by atoms with Crippen molar-refractivity contribution in [2.24, 2.45) is 0 Å². The van der Waals surface area contributed by atoms with Gasteiger partial charge in [0.05, 0.1) is 0 Å². The zero-order valence-electron chi connectivity index (χ0n) is 5.82. The Bertz CT molecular complexity index is 245. The Labute approximate surface area is 61.5 Å². The first-order valence-electron chi connectivity index (χ1n) is 2.72. The van der Waals surface area contributed by atoms with E-state index in [4.69, 9.17) is 0 Å². The molecule has 0 amide bonds. The standard InChI is InChI=1S/C7H10O2S/c1-3-4-5-6-7-10(2,8)9/h3-7H,1H2,2H3/b5-4-,7-6+. The third-order valence-corrected chi connectivity index (χ3v) is 1.34. The molecule has 0 saturated carbocycles. The van der Waals surface area contributed by atoms with Crippen LogP contribution in [0.3, 0.4) is 0 Å². The zero-order valence-corrected chi connectivity index (χ0v) is 6.64. The van der Waals surface area contributed by atoms with Gasteiger partial charge < -0.3 is 0 Å². The Kier molecular flexibility index (Phi) is 3.72. The first-order chi connectivity index (χ1) is 4.56. The van der Waals surface area contributed by atoms with E-state index in [9.17, 15) is 8.42 Å². The predicted octanol–water partition coefficient (Wildman–Crippen LogP) is 1.29. The van der Waals surface area contributed by atoms with Gasteiger partial charge in [-0.25, -0.2) is 8.42 Å². The van der Waals surface area contributed by atoms with Crippen molar-refractivity contribution in [2.45, 2.75) is 0 Å². The van der Waals surface area contributed by atoms with E-state index in [2.05, 4.69) is 6.58 Å². The highest BCUT2D eigenvalue weighted by molar-refractivity contribution is 7.93. The maximum atomic E-state index is 10.4. The SMILES string of the molecule is C=C/C=C\C=C\S(C)(=O)=O. The highest BCUT2D eigenvalue weighted by Crippen LogP contribution is 1.85. The molecule has 56 valence electrons. The maximum Gasteiger partial charge on any atom is 0.168 e. The monoisotopic (exact) mass is 158 g/mol. The van der Waals surface area contributed by atoms with Gasteiger partial charge in [-0.1, -0.05) is 30.9 Å². The molecule has 0 aliphatic rings. The molecule has 2 nitrogen and oxygen atoms in total. The molecule has 0 N–H and O–H groups in total. The molecule has 0 radical (unpaired) electrons. The highest BCUT2D eigenvalue weighted by atomic mass is 32.2. The van der Waals surface area contributed by atoms with Crippen molar-refractivity contribution in [3.05, 3.63) is 36.3 Å². The van der Waals surface area contributed by atoms with Crippen molar-refractivity contribution < 1.29 is 8.42 Å². The first-order valence-corrected chi connectivity index (χ1v) is 4.67. The fourth-order valence-electron chi connectivity index (χ4n) is 0.331. The third-order valence-electron chi connectivity index (χ3n) is 0.684. The lowest BCUT2D eigenvalue weighted by Crippen LogP contribution is -1.86. The average molecular weight is 158 g/mol. The number of hydrogen-bond acceptors (Lipinski definition) is 2.